The minimum atomic E-state index is -0.188. The van der Waals surface area contributed by atoms with Gasteiger partial charge in [-0.1, -0.05) is 77.0 Å². The van der Waals surface area contributed by atoms with Crippen LogP contribution in [0.25, 0.3) is 0 Å². The molecule has 4 saturated carbocycles. The van der Waals surface area contributed by atoms with Gasteiger partial charge in [0, 0.05) is 32.1 Å². The summed E-state index contributed by atoms with van der Waals surface area (Å²) in [6.07, 6.45) is 31.5. The summed E-state index contributed by atoms with van der Waals surface area (Å²) in [7, 11) is -0.0981. The second-order valence-corrected chi connectivity index (χ2v) is 17.0. The van der Waals surface area contributed by atoms with Crippen LogP contribution in [0.15, 0.2) is 0 Å². The Kier molecular flexibility index (Phi) is 9.68. The maximum absolute atomic E-state index is 7.11. The van der Waals surface area contributed by atoms with Crippen molar-refractivity contribution < 1.29 is 4.52 Å². The van der Waals surface area contributed by atoms with E-state index in [1.807, 2.05) is 0 Å². The zero-order valence-corrected chi connectivity index (χ0v) is 22.7. The van der Waals surface area contributed by atoms with Gasteiger partial charge in [-0.15, -0.1) is 0 Å². The fourth-order valence-corrected chi connectivity index (χ4v) is 14.9. The molecule has 5 aliphatic rings. The molecule has 0 bridgehead atoms. The average molecular weight is 480 g/mol. The standard InChI is InChI=1S/C28H51NOP2/c1-5-13-25(14-6-1)31(26-15-7-2-8-16-26)29-22-21-24(29)23-30-32(27-17-9-3-10-18-27)28-19-11-4-12-20-28/h24-28H,1-23H2/t24-/m0/s1. The minimum absolute atomic E-state index is 0.0899. The molecular formula is C28H51NOP2. The molecule has 1 saturated heterocycles. The fourth-order valence-electron chi connectivity index (χ4n) is 7.66. The zero-order valence-electron chi connectivity index (χ0n) is 20.9. The molecule has 0 spiro atoms. The molecule has 4 aliphatic carbocycles. The molecule has 5 rings (SSSR count). The SMILES string of the molecule is C1CCC(P(OC[C@@H]2CCN2P(C2CCCCC2)C2CCCCC2)C2CCCCC2)CC1. The van der Waals surface area contributed by atoms with Gasteiger partial charge in [0.15, 0.2) is 0 Å². The Morgan fingerprint density at radius 3 is 1.28 bits per heavy atom. The minimum Gasteiger partial charge on any atom is -0.357 e. The predicted molar refractivity (Wildman–Crippen MR) is 142 cm³/mol. The van der Waals surface area contributed by atoms with Crippen molar-refractivity contribution in [2.24, 2.45) is 0 Å². The predicted octanol–water partition coefficient (Wildman–Crippen LogP) is 9.20. The fraction of sp³-hybridized carbons (Fsp3) is 1.00. The Morgan fingerprint density at radius 1 is 0.500 bits per heavy atom. The molecule has 0 aromatic heterocycles. The second-order valence-electron chi connectivity index (χ2n) is 11.8. The van der Waals surface area contributed by atoms with Gasteiger partial charge in [0.1, 0.15) is 0 Å². The van der Waals surface area contributed by atoms with Crippen LogP contribution in [0.1, 0.15) is 135 Å². The molecule has 32 heavy (non-hydrogen) atoms. The van der Waals surface area contributed by atoms with Gasteiger partial charge in [0.2, 0.25) is 0 Å². The summed E-state index contributed by atoms with van der Waals surface area (Å²) in [5.41, 5.74) is 3.99. The lowest BCUT2D eigenvalue weighted by molar-refractivity contribution is 0.134. The highest BCUT2D eigenvalue weighted by Crippen LogP contribution is 2.62. The van der Waals surface area contributed by atoms with E-state index in [4.69, 9.17) is 4.52 Å². The number of nitrogens with zero attached hydrogens (tertiary/aromatic N) is 1. The first-order chi connectivity index (χ1) is 15.9. The van der Waals surface area contributed by atoms with Crippen LogP contribution in [-0.4, -0.2) is 46.5 Å². The largest absolute Gasteiger partial charge is 0.357 e. The summed E-state index contributed by atoms with van der Waals surface area (Å²) >= 11 is 0. The van der Waals surface area contributed by atoms with Crippen LogP contribution >= 0.6 is 16.2 Å². The maximum Gasteiger partial charge on any atom is 0.0668 e. The molecule has 0 radical (unpaired) electrons. The van der Waals surface area contributed by atoms with Gasteiger partial charge in [-0.25, -0.2) is 0 Å². The second kappa shape index (κ2) is 12.7. The van der Waals surface area contributed by atoms with Crippen molar-refractivity contribution in [3.8, 4) is 0 Å². The van der Waals surface area contributed by atoms with Crippen LogP contribution in [0, 0.1) is 0 Å². The van der Waals surface area contributed by atoms with Crippen LogP contribution in [0.5, 0.6) is 0 Å². The van der Waals surface area contributed by atoms with E-state index in [1.54, 1.807) is 25.7 Å². The first-order valence-electron chi connectivity index (χ1n) is 14.9. The van der Waals surface area contributed by atoms with E-state index in [1.165, 1.54) is 116 Å². The molecule has 4 heteroatoms. The van der Waals surface area contributed by atoms with Gasteiger partial charge in [0.25, 0.3) is 0 Å². The normalized spacial score (nSPS) is 30.8. The molecule has 184 valence electrons. The van der Waals surface area contributed by atoms with Crippen molar-refractivity contribution in [1.82, 2.24) is 4.67 Å². The first-order valence-corrected chi connectivity index (χ1v) is 17.7. The van der Waals surface area contributed by atoms with Crippen molar-refractivity contribution in [1.29, 1.82) is 0 Å². The van der Waals surface area contributed by atoms with E-state index in [9.17, 15) is 0 Å². The molecule has 0 aromatic carbocycles. The highest BCUT2D eigenvalue weighted by atomic mass is 31.1. The Labute approximate surface area is 202 Å². The lowest BCUT2D eigenvalue weighted by Crippen LogP contribution is -2.50. The Bertz CT molecular complexity index is 500. The van der Waals surface area contributed by atoms with Crippen molar-refractivity contribution in [2.45, 2.75) is 164 Å². The lowest BCUT2D eigenvalue weighted by atomic mass is 9.99. The van der Waals surface area contributed by atoms with Gasteiger partial charge in [-0.2, -0.15) is 0 Å². The van der Waals surface area contributed by atoms with Crippen LogP contribution in [0.3, 0.4) is 0 Å². The number of rotatable bonds is 8. The third-order valence-corrected chi connectivity index (χ3v) is 16.2. The Balaban J connectivity index is 1.22. The highest BCUT2D eigenvalue weighted by Gasteiger charge is 2.43. The Hall–Kier alpha value is 0.780. The average Bonchev–Trinajstić information content (AvgIpc) is 2.86. The van der Waals surface area contributed by atoms with E-state index in [0.717, 1.165) is 35.3 Å². The van der Waals surface area contributed by atoms with Gasteiger partial charge < -0.3 is 4.52 Å². The van der Waals surface area contributed by atoms with Crippen molar-refractivity contribution >= 4 is 16.2 Å². The van der Waals surface area contributed by atoms with Crippen LogP contribution in [0.2, 0.25) is 0 Å². The summed E-state index contributed by atoms with van der Waals surface area (Å²) in [6, 6.07) is 0.780. The smallest absolute Gasteiger partial charge is 0.0668 e. The number of hydrogen-bond acceptors (Lipinski definition) is 2. The summed E-state index contributed by atoms with van der Waals surface area (Å²) in [5, 5.41) is 0. The van der Waals surface area contributed by atoms with Crippen LogP contribution < -0.4 is 0 Å². The van der Waals surface area contributed by atoms with E-state index in [-0.39, 0.29) is 16.2 Å². The monoisotopic (exact) mass is 479 g/mol. The molecule has 0 unspecified atom stereocenters. The molecule has 1 heterocycles. The molecule has 1 aliphatic heterocycles. The Morgan fingerprint density at radius 2 is 0.906 bits per heavy atom. The van der Waals surface area contributed by atoms with E-state index >= 15 is 0 Å². The van der Waals surface area contributed by atoms with Crippen LogP contribution in [0.4, 0.5) is 0 Å². The van der Waals surface area contributed by atoms with Gasteiger partial charge in [-0.3, -0.25) is 4.67 Å². The topological polar surface area (TPSA) is 12.5 Å². The quantitative estimate of drug-likeness (QED) is 0.322. The van der Waals surface area contributed by atoms with Crippen molar-refractivity contribution in [3.63, 3.8) is 0 Å². The number of hydrogen-bond donors (Lipinski definition) is 0. The highest BCUT2D eigenvalue weighted by molar-refractivity contribution is 7.56. The lowest BCUT2D eigenvalue weighted by Gasteiger charge is -2.53. The van der Waals surface area contributed by atoms with E-state index in [0.29, 0.717) is 0 Å². The summed E-state index contributed by atoms with van der Waals surface area (Å²) in [4.78, 5) is 0. The van der Waals surface area contributed by atoms with Gasteiger partial charge >= 0.3 is 0 Å². The summed E-state index contributed by atoms with van der Waals surface area (Å²) in [6.45, 7) is 2.49. The molecule has 1 atom stereocenters. The third-order valence-electron chi connectivity index (χ3n) is 9.59. The maximum atomic E-state index is 7.11. The van der Waals surface area contributed by atoms with E-state index < -0.39 is 0 Å². The van der Waals surface area contributed by atoms with Gasteiger partial charge in [0.05, 0.1) is 6.61 Å². The first kappa shape index (κ1) is 24.5. The van der Waals surface area contributed by atoms with Gasteiger partial charge in [-0.05, 0) is 77.2 Å². The molecule has 0 N–H and O–H groups in total. The summed E-state index contributed by atoms with van der Waals surface area (Å²) < 4.78 is 10.2. The van der Waals surface area contributed by atoms with Crippen molar-refractivity contribution in [3.05, 3.63) is 0 Å². The molecule has 0 amide bonds. The molecule has 5 fully saturated rings. The van der Waals surface area contributed by atoms with E-state index in [2.05, 4.69) is 4.67 Å². The zero-order chi connectivity index (χ0) is 21.6. The third kappa shape index (κ3) is 6.12. The van der Waals surface area contributed by atoms with Crippen LogP contribution in [-0.2, 0) is 4.52 Å². The molecular weight excluding hydrogens is 428 g/mol. The molecule has 2 nitrogen and oxygen atoms in total. The van der Waals surface area contributed by atoms with Crippen molar-refractivity contribution in [2.75, 3.05) is 13.2 Å². The molecule has 0 aromatic rings. The summed E-state index contributed by atoms with van der Waals surface area (Å²) in [5.74, 6) is 0.